The summed E-state index contributed by atoms with van der Waals surface area (Å²) in [5.41, 5.74) is -2.98. The Morgan fingerprint density at radius 1 is 1.11 bits per heavy atom. The van der Waals surface area contributed by atoms with Crippen molar-refractivity contribution in [1.29, 1.82) is 0 Å². The van der Waals surface area contributed by atoms with E-state index < -0.39 is 40.1 Å². The smallest absolute Gasteiger partial charge is 0.254 e. The molecule has 1 aromatic rings. The molecule has 1 amide bonds. The lowest BCUT2D eigenvalue weighted by Gasteiger charge is -2.38. The molecule has 0 atom stereocenters. The van der Waals surface area contributed by atoms with Crippen LogP contribution in [0.3, 0.4) is 0 Å². The third-order valence-electron chi connectivity index (χ3n) is 3.24. The van der Waals surface area contributed by atoms with E-state index in [1.807, 2.05) is 0 Å². The van der Waals surface area contributed by atoms with Gasteiger partial charge < -0.3 is 10.4 Å². The largest absolute Gasteiger partial charge is 0.388 e. The summed E-state index contributed by atoms with van der Waals surface area (Å²) in [6.45, 7) is 6.00. The molecule has 1 rings (SSSR count). The molecule has 0 heterocycles. The van der Waals surface area contributed by atoms with Crippen LogP contribution in [-0.4, -0.2) is 22.2 Å². The van der Waals surface area contributed by atoms with Crippen LogP contribution >= 0.6 is 0 Å². The first-order valence-corrected chi connectivity index (χ1v) is 5.66. The summed E-state index contributed by atoms with van der Waals surface area (Å²) in [6.07, 6.45) is 0. The molecule has 0 aliphatic carbocycles. The van der Waals surface area contributed by atoms with Crippen molar-refractivity contribution in [3.8, 4) is 0 Å². The lowest BCUT2D eigenvalue weighted by molar-refractivity contribution is -0.00302. The van der Waals surface area contributed by atoms with Crippen molar-refractivity contribution in [3.63, 3.8) is 0 Å². The molecule has 1 aromatic carbocycles. The number of halogens is 3. The van der Waals surface area contributed by atoms with Crippen LogP contribution in [0.4, 0.5) is 13.2 Å². The highest BCUT2D eigenvalue weighted by molar-refractivity contribution is 5.95. The molecule has 0 aromatic heterocycles. The van der Waals surface area contributed by atoms with Gasteiger partial charge in [-0.15, -0.1) is 0 Å². The molecule has 0 spiro atoms. The molecular weight excluding hydrogens is 259 g/mol. The summed E-state index contributed by atoms with van der Waals surface area (Å²) in [6, 6.07) is 1.52. The molecule has 6 heteroatoms. The average Bonchev–Trinajstić information content (AvgIpc) is 2.23. The SMILES string of the molecule is CC(C)(O)C(C)(C)NC(=O)c1ccc(F)c(F)c1F. The fourth-order valence-corrected chi connectivity index (χ4v) is 1.21. The van der Waals surface area contributed by atoms with Crippen LogP contribution in [0.1, 0.15) is 38.1 Å². The Hall–Kier alpha value is -1.56. The summed E-state index contributed by atoms with van der Waals surface area (Å²) in [4.78, 5) is 11.8. The first-order chi connectivity index (χ1) is 8.47. The number of carbonyl (C=O) groups is 1. The maximum absolute atomic E-state index is 13.4. The van der Waals surface area contributed by atoms with Gasteiger partial charge in [-0.25, -0.2) is 13.2 Å². The van der Waals surface area contributed by atoms with Crippen molar-refractivity contribution in [3.05, 3.63) is 35.1 Å². The predicted molar refractivity (Wildman–Crippen MR) is 64.2 cm³/mol. The number of benzene rings is 1. The highest BCUT2D eigenvalue weighted by Crippen LogP contribution is 2.22. The van der Waals surface area contributed by atoms with E-state index in [-0.39, 0.29) is 0 Å². The molecule has 3 nitrogen and oxygen atoms in total. The number of rotatable bonds is 3. The van der Waals surface area contributed by atoms with Crippen LogP contribution in [0.5, 0.6) is 0 Å². The van der Waals surface area contributed by atoms with E-state index in [1.165, 1.54) is 27.7 Å². The van der Waals surface area contributed by atoms with Gasteiger partial charge in [0.1, 0.15) is 0 Å². The van der Waals surface area contributed by atoms with E-state index in [1.54, 1.807) is 0 Å². The van der Waals surface area contributed by atoms with E-state index in [9.17, 15) is 23.1 Å². The Morgan fingerprint density at radius 3 is 2.11 bits per heavy atom. The van der Waals surface area contributed by atoms with Gasteiger partial charge in [0.05, 0.1) is 16.7 Å². The van der Waals surface area contributed by atoms with Crippen molar-refractivity contribution in [2.75, 3.05) is 0 Å². The fraction of sp³-hybridized carbons (Fsp3) is 0.462. The van der Waals surface area contributed by atoms with Gasteiger partial charge in [-0.1, -0.05) is 0 Å². The van der Waals surface area contributed by atoms with Gasteiger partial charge in [0, 0.05) is 0 Å². The van der Waals surface area contributed by atoms with Crippen molar-refractivity contribution >= 4 is 5.91 Å². The first kappa shape index (κ1) is 15.5. The van der Waals surface area contributed by atoms with E-state index in [2.05, 4.69) is 5.32 Å². The topological polar surface area (TPSA) is 49.3 Å². The zero-order valence-electron chi connectivity index (χ0n) is 11.1. The van der Waals surface area contributed by atoms with E-state index in [0.29, 0.717) is 6.07 Å². The van der Waals surface area contributed by atoms with Crippen LogP contribution in [0.25, 0.3) is 0 Å². The maximum atomic E-state index is 13.4. The molecule has 0 fully saturated rings. The predicted octanol–water partition coefficient (Wildman–Crippen LogP) is 2.38. The van der Waals surface area contributed by atoms with Gasteiger partial charge >= 0.3 is 0 Å². The number of nitrogens with one attached hydrogen (secondary N) is 1. The van der Waals surface area contributed by atoms with Crippen LogP contribution in [0.2, 0.25) is 0 Å². The lowest BCUT2D eigenvalue weighted by atomic mass is 9.85. The standard InChI is InChI=1S/C13H16F3NO2/c1-12(2,13(3,4)19)17-11(18)7-5-6-8(14)10(16)9(7)15/h5-6,19H,1-4H3,(H,17,18). The molecule has 19 heavy (non-hydrogen) atoms. The Kier molecular flexibility index (Phi) is 3.95. The minimum absolute atomic E-state index is 0.615. The average molecular weight is 275 g/mol. The van der Waals surface area contributed by atoms with Gasteiger partial charge in [0.2, 0.25) is 0 Å². The number of hydrogen-bond donors (Lipinski definition) is 2. The number of hydrogen-bond acceptors (Lipinski definition) is 2. The van der Waals surface area contributed by atoms with Crippen LogP contribution in [0, 0.1) is 17.5 Å². The Balaban J connectivity index is 3.07. The van der Waals surface area contributed by atoms with Crippen molar-refractivity contribution < 1.29 is 23.1 Å². The molecule has 106 valence electrons. The Morgan fingerprint density at radius 2 is 1.63 bits per heavy atom. The minimum atomic E-state index is -1.70. The van der Waals surface area contributed by atoms with Gasteiger partial charge in [0.25, 0.3) is 5.91 Å². The van der Waals surface area contributed by atoms with Gasteiger partial charge in [0.15, 0.2) is 17.5 Å². The van der Waals surface area contributed by atoms with Crippen LogP contribution < -0.4 is 5.32 Å². The number of aliphatic hydroxyl groups is 1. The van der Waals surface area contributed by atoms with Crippen molar-refractivity contribution in [2.45, 2.75) is 38.8 Å². The minimum Gasteiger partial charge on any atom is -0.388 e. The second-order valence-corrected chi connectivity index (χ2v) is 5.36. The molecular formula is C13H16F3NO2. The molecule has 0 aliphatic heterocycles. The second kappa shape index (κ2) is 4.85. The third kappa shape index (κ3) is 3.07. The summed E-state index contributed by atoms with van der Waals surface area (Å²) >= 11 is 0. The number of carbonyl (C=O) groups excluding carboxylic acids is 1. The second-order valence-electron chi connectivity index (χ2n) is 5.36. The van der Waals surface area contributed by atoms with Crippen molar-refractivity contribution in [2.24, 2.45) is 0 Å². The van der Waals surface area contributed by atoms with E-state index >= 15 is 0 Å². The van der Waals surface area contributed by atoms with Crippen LogP contribution in [0.15, 0.2) is 12.1 Å². The van der Waals surface area contributed by atoms with Crippen LogP contribution in [-0.2, 0) is 0 Å². The van der Waals surface area contributed by atoms with E-state index in [0.717, 1.165) is 6.07 Å². The quantitative estimate of drug-likeness (QED) is 0.832. The molecule has 0 saturated carbocycles. The molecule has 0 aliphatic rings. The third-order valence-corrected chi connectivity index (χ3v) is 3.24. The lowest BCUT2D eigenvalue weighted by Crippen LogP contribution is -2.57. The highest BCUT2D eigenvalue weighted by Gasteiger charge is 2.37. The number of amides is 1. The van der Waals surface area contributed by atoms with Crippen molar-refractivity contribution in [1.82, 2.24) is 5.32 Å². The summed E-state index contributed by atoms with van der Waals surface area (Å²) < 4.78 is 39.2. The summed E-state index contributed by atoms with van der Waals surface area (Å²) in [5.74, 6) is -5.54. The monoisotopic (exact) mass is 275 g/mol. The van der Waals surface area contributed by atoms with Gasteiger partial charge in [-0.05, 0) is 39.8 Å². The van der Waals surface area contributed by atoms with E-state index in [4.69, 9.17) is 0 Å². The first-order valence-electron chi connectivity index (χ1n) is 5.66. The molecule has 0 unspecified atom stereocenters. The molecule has 2 N–H and O–H groups in total. The zero-order valence-corrected chi connectivity index (χ0v) is 11.1. The fourth-order valence-electron chi connectivity index (χ4n) is 1.21. The summed E-state index contributed by atoms with van der Waals surface area (Å²) in [7, 11) is 0. The zero-order chi connectivity index (χ0) is 15.0. The van der Waals surface area contributed by atoms with Gasteiger partial charge in [-0.3, -0.25) is 4.79 Å². The summed E-state index contributed by atoms with van der Waals surface area (Å²) in [5, 5.41) is 12.2. The Labute approximate surface area is 109 Å². The maximum Gasteiger partial charge on any atom is 0.254 e. The van der Waals surface area contributed by atoms with Gasteiger partial charge in [-0.2, -0.15) is 0 Å². The normalized spacial score (nSPS) is 12.4. The molecule has 0 bridgehead atoms. The highest BCUT2D eigenvalue weighted by atomic mass is 19.2. The molecule has 0 saturated heterocycles. The Bertz CT molecular complexity index is 507. The molecule has 0 radical (unpaired) electrons.